The lowest BCUT2D eigenvalue weighted by atomic mass is 9.99. The summed E-state index contributed by atoms with van der Waals surface area (Å²) in [6.07, 6.45) is 0. The monoisotopic (exact) mass is 856 g/mol. The summed E-state index contributed by atoms with van der Waals surface area (Å²) in [5.41, 5.74) is 17.3. The van der Waals surface area contributed by atoms with Crippen molar-refractivity contribution in [1.82, 2.24) is 0 Å². The topological polar surface area (TPSA) is 19.6 Å². The molecule has 0 atom stereocenters. The summed E-state index contributed by atoms with van der Waals surface area (Å²) in [6.45, 7) is 0. The van der Waals surface area contributed by atoms with Gasteiger partial charge >= 0.3 is 0 Å². The van der Waals surface area contributed by atoms with Gasteiger partial charge in [-0.3, -0.25) is 0 Å². The van der Waals surface area contributed by atoms with Crippen LogP contribution in [0.25, 0.3) is 77.2 Å². The molecule has 0 N–H and O–H groups in total. The summed E-state index contributed by atoms with van der Waals surface area (Å²) in [5, 5.41) is 4.47. The largest absolute Gasteiger partial charge is 0.454 e. The minimum absolute atomic E-state index is 0.821. The molecule has 12 aromatic rings. The van der Waals surface area contributed by atoms with E-state index < -0.39 is 0 Å². The smallest absolute Gasteiger partial charge is 0.159 e. The number of furan rings is 1. The van der Waals surface area contributed by atoms with Gasteiger partial charge < -0.3 is 14.2 Å². The van der Waals surface area contributed by atoms with Crippen LogP contribution in [0.3, 0.4) is 0 Å². The Morgan fingerprint density at radius 2 is 0.627 bits per heavy atom. The molecule has 0 bridgehead atoms. The van der Waals surface area contributed by atoms with E-state index in [1.54, 1.807) is 0 Å². The molecule has 0 saturated carbocycles. The molecule has 1 heterocycles. The number of nitrogens with zero attached hydrogens (tertiary/aromatic N) is 2. The Bertz CT molecular complexity index is 3630. The highest BCUT2D eigenvalue weighted by Crippen LogP contribution is 2.48. The van der Waals surface area contributed by atoms with E-state index in [4.69, 9.17) is 4.42 Å². The first kappa shape index (κ1) is 39.7. The Hall–Kier alpha value is -8.92. The molecule has 316 valence electrons. The molecule has 0 amide bonds. The van der Waals surface area contributed by atoms with Crippen molar-refractivity contribution < 1.29 is 4.42 Å². The Labute approximate surface area is 390 Å². The highest BCUT2D eigenvalue weighted by atomic mass is 16.3. The molecule has 1 aromatic heterocycles. The maximum atomic E-state index is 7.04. The van der Waals surface area contributed by atoms with Crippen molar-refractivity contribution in [3.05, 3.63) is 267 Å². The van der Waals surface area contributed by atoms with Crippen molar-refractivity contribution in [2.24, 2.45) is 0 Å². The second-order valence-electron chi connectivity index (χ2n) is 16.9. The number of hydrogen-bond acceptors (Lipinski definition) is 3. The van der Waals surface area contributed by atoms with Gasteiger partial charge in [-0.25, -0.2) is 0 Å². The number of para-hydroxylation sites is 2. The SMILES string of the molecule is c1ccc(-c2ccc(-c3ccc(N(c4ccccc4)c4cc(N(c5ccccc5)c5ccc(-c6ccc(-c7ccccc7)cc6)cc5)c5oc6ccc7ccccc7c6c5c4)cc3)cc2)cc1. The normalized spacial score (nSPS) is 11.3. The van der Waals surface area contributed by atoms with Gasteiger partial charge in [0.15, 0.2) is 5.58 Å². The predicted molar refractivity (Wildman–Crippen MR) is 282 cm³/mol. The third kappa shape index (κ3) is 7.59. The molecular formula is C64H44N2O. The van der Waals surface area contributed by atoms with Crippen LogP contribution in [0.1, 0.15) is 0 Å². The van der Waals surface area contributed by atoms with Gasteiger partial charge in [0.1, 0.15) is 5.58 Å². The van der Waals surface area contributed by atoms with Crippen LogP contribution in [0, 0.1) is 0 Å². The Morgan fingerprint density at radius 1 is 0.254 bits per heavy atom. The maximum Gasteiger partial charge on any atom is 0.159 e. The fraction of sp³-hybridized carbons (Fsp3) is 0. The summed E-state index contributed by atoms with van der Waals surface area (Å²) in [7, 11) is 0. The van der Waals surface area contributed by atoms with Crippen molar-refractivity contribution >= 4 is 66.8 Å². The molecule has 0 aliphatic carbocycles. The fourth-order valence-electron chi connectivity index (χ4n) is 9.52. The van der Waals surface area contributed by atoms with Gasteiger partial charge in [0.25, 0.3) is 0 Å². The van der Waals surface area contributed by atoms with Gasteiger partial charge in [-0.05, 0) is 122 Å². The minimum atomic E-state index is 0.821. The van der Waals surface area contributed by atoms with E-state index in [1.165, 1.54) is 38.8 Å². The number of anilines is 6. The van der Waals surface area contributed by atoms with E-state index in [0.29, 0.717) is 0 Å². The van der Waals surface area contributed by atoms with E-state index in [0.717, 1.165) is 72.6 Å². The van der Waals surface area contributed by atoms with Crippen LogP contribution in [0.15, 0.2) is 271 Å². The average Bonchev–Trinajstić information content (AvgIpc) is 3.80. The zero-order valence-corrected chi connectivity index (χ0v) is 36.7. The predicted octanol–water partition coefficient (Wildman–Crippen LogP) is 18.3. The minimum Gasteiger partial charge on any atom is -0.454 e. The zero-order valence-electron chi connectivity index (χ0n) is 36.7. The lowest BCUT2D eigenvalue weighted by molar-refractivity contribution is 0.669. The van der Waals surface area contributed by atoms with E-state index in [9.17, 15) is 0 Å². The molecule has 3 nitrogen and oxygen atoms in total. The first-order chi connectivity index (χ1) is 33.2. The van der Waals surface area contributed by atoms with Crippen molar-refractivity contribution in [2.75, 3.05) is 9.80 Å². The van der Waals surface area contributed by atoms with Crippen LogP contribution >= 0.6 is 0 Å². The number of fused-ring (bicyclic) bond motifs is 5. The highest BCUT2D eigenvalue weighted by Gasteiger charge is 2.24. The molecule has 0 aliphatic heterocycles. The first-order valence-corrected chi connectivity index (χ1v) is 22.8. The summed E-state index contributed by atoms with van der Waals surface area (Å²) in [4.78, 5) is 4.70. The van der Waals surface area contributed by atoms with Gasteiger partial charge in [-0.1, -0.05) is 200 Å². The van der Waals surface area contributed by atoms with Crippen LogP contribution in [-0.2, 0) is 0 Å². The van der Waals surface area contributed by atoms with Crippen molar-refractivity contribution in [2.45, 2.75) is 0 Å². The standard InChI is InChI=1S/C64H44N2O/c1-5-15-45(16-6-1)47-25-29-49(30-26-47)51-33-38-56(39-34-51)65(54-20-9-3-10-21-54)58-43-60-63-59-24-14-13-19-53(59)37-42-62(63)67-64(60)61(44-58)66(55-22-11-4-12-23-55)57-40-35-52(36-41-57)50-31-27-48(28-32-50)46-17-7-2-8-18-46/h1-44H. The summed E-state index contributed by atoms with van der Waals surface area (Å²) < 4.78 is 7.04. The van der Waals surface area contributed by atoms with Crippen LogP contribution in [0.4, 0.5) is 34.1 Å². The van der Waals surface area contributed by atoms with Gasteiger partial charge in [-0.15, -0.1) is 0 Å². The second kappa shape index (κ2) is 17.2. The fourth-order valence-corrected chi connectivity index (χ4v) is 9.52. The molecule has 0 unspecified atom stereocenters. The molecule has 11 aromatic carbocycles. The third-order valence-corrected chi connectivity index (χ3v) is 12.9. The van der Waals surface area contributed by atoms with E-state index >= 15 is 0 Å². The molecule has 0 fully saturated rings. The molecule has 3 heteroatoms. The molecule has 0 spiro atoms. The quantitative estimate of drug-likeness (QED) is 0.137. The van der Waals surface area contributed by atoms with Crippen LogP contribution in [0.5, 0.6) is 0 Å². The highest BCUT2D eigenvalue weighted by molar-refractivity contribution is 6.22. The zero-order chi connectivity index (χ0) is 44.5. The molecule has 67 heavy (non-hydrogen) atoms. The second-order valence-corrected chi connectivity index (χ2v) is 16.9. The molecule has 12 rings (SSSR count). The van der Waals surface area contributed by atoms with Crippen molar-refractivity contribution in [1.29, 1.82) is 0 Å². The summed E-state index contributed by atoms with van der Waals surface area (Å²) in [5.74, 6) is 0. The maximum absolute atomic E-state index is 7.04. The average molecular weight is 857 g/mol. The molecule has 0 saturated heterocycles. The van der Waals surface area contributed by atoms with Crippen LogP contribution in [-0.4, -0.2) is 0 Å². The Kier molecular flexibility index (Phi) is 10.2. The molecular weight excluding hydrogens is 813 g/mol. The van der Waals surface area contributed by atoms with E-state index in [2.05, 4.69) is 277 Å². The van der Waals surface area contributed by atoms with Gasteiger partial charge in [0.05, 0.1) is 5.69 Å². The number of rotatable bonds is 10. The van der Waals surface area contributed by atoms with Gasteiger partial charge in [0.2, 0.25) is 0 Å². The van der Waals surface area contributed by atoms with E-state index in [-0.39, 0.29) is 0 Å². The summed E-state index contributed by atoms with van der Waals surface area (Å²) >= 11 is 0. The van der Waals surface area contributed by atoms with Crippen molar-refractivity contribution in [3.8, 4) is 44.5 Å². The number of benzene rings is 11. The lowest BCUT2D eigenvalue weighted by Gasteiger charge is -2.30. The molecule has 0 aliphatic rings. The van der Waals surface area contributed by atoms with Gasteiger partial charge in [-0.2, -0.15) is 0 Å². The van der Waals surface area contributed by atoms with Crippen LogP contribution in [0.2, 0.25) is 0 Å². The third-order valence-electron chi connectivity index (χ3n) is 12.9. The van der Waals surface area contributed by atoms with E-state index in [1.807, 2.05) is 0 Å². The van der Waals surface area contributed by atoms with Gasteiger partial charge in [0, 0.05) is 39.2 Å². The number of hydrogen-bond donors (Lipinski definition) is 0. The first-order valence-electron chi connectivity index (χ1n) is 22.8. The molecule has 0 radical (unpaired) electrons. The Morgan fingerprint density at radius 3 is 1.12 bits per heavy atom. The van der Waals surface area contributed by atoms with Crippen LogP contribution < -0.4 is 9.80 Å². The Balaban J connectivity index is 1.01. The van der Waals surface area contributed by atoms with Crippen molar-refractivity contribution in [3.63, 3.8) is 0 Å². The lowest BCUT2D eigenvalue weighted by Crippen LogP contribution is -2.13. The summed E-state index contributed by atoms with van der Waals surface area (Å²) in [6, 6.07) is 95.4.